The minimum absolute atomic E-state index is 1.42. The summed E-state index contributed by atoms with van der Waals surface area (Å²) >= 11 is 2.09. The van der Waals surface area contributed by atoms with Crippen LogP contribution < -0.4 is 0 Å². The highest BCUT2D eigenvalue weighted by Crippen LogP contribution is 2.14. The molecular weight excluding hydrogens is 94.0 g/mol. The third kappa shape index (κ3) is 1.21. The molecule has 0 aromatic rings. The predicted molar refractivity (Wildman–Crippen MR) is 31.2 cm³/mol. The molecule has 0 amide bonds. The fraction of sp³-hybridized carbons (Fsp3) is 1.00. The predicted octanol–water partition coefficient (Wildman–Crippen LogP) is 1.90. The molecule has 0 aromatic carbocycles. The highest BCUT2D eigenvalue weighted by molar-refractivity contribution is 7.99. The number of thioether (sulfide) groups is 1. The van der Waals surface area contributed by atoms with Gasteiger partial charge in [-0.05, 0) is 24.3 Å². The molecule has 0 saturated carbocycles. The lowest BCUT2D eigenvalue weighted by atomic mass is 10.3. The second-order valence-electron chi connectivity index (χ2n) is 1.67. The maximum absolute atomic E-state index is 2.09. The lowest BCUT2D eigenvalue weighted by molar-refractivity contribution is 0.764. The first-order valence-corrected chi connectivity index (χ1v) is 3.73. The average Bonchev–Trinajstić information content (AvgIpc) is 1.72. The van der Waals surface area contributed by atoms with Crippen molar-refractivity contribution in [2.75, 3.05) is 11.5 Å². The van der Waals surface area contributed by atoms with E-state index in [0.717, 1.165) is 0 Å². The number of hydrogen-bond donors (Lipinski definition) is 0. The van der Waals surface area contributed by atoms with Gasteiger partial charge in [-0.1, -0.05) is 6.42 Å². The quantitative estimate of drug-likeness (QED) is 0.423. The third-order valence-electron chi connectivity index (χ3n) is 1.08. The lowest BCUT2D eigenvalue weighted by Gasteiger charge is -2.05. The normalized spacial score (nSPS) is 24.0. The summed E-state index contributed by atoms with van der Waals surface area (Å²) in [4.78, 5) is 0. The molecule has 0 N–H and O–H groups in total. The van der Waals surface area contributed by atoms with E-state index in [1.165, 1.54) is 30.8 Å². The summed E-state index contributed by atoms with van der Waals surface area (Å²) in [5.41, 5.74) is 0. The van der Waals surface area contributed by atoms with E-state index in [1.54, 1.807) is 0 Å². The molecule has 1 saturated heterocycles. The van der Waals surface area contributed by atoms with Gasteiger partial charge in [-0.3, -0.25) is 0 Å². The maximum Gasteiger partial charge on any atom is -0.00675 e. The van der Waals surface area contributed by atoms with Gasteiger partial charge in [0.1, 0.15) is 0 Å². The molecule has 1 rings (SSSR count). The number of hydrogen-bond acceptors (Lipinski definition) is 1. The van der Waals surface area contributed by atoms with Gasteiger partial charge in [0.2, 0.25) is 0 Å². The van der Waals surface area contributed by atoms with Crippen LogP contribution in [0.4, 0.5) is 0 Å². The summed E-state index contributed by atoms with van der Waals surface area (Å²) in [6, 6.07) is 0. The van der Waals surface area contributed by atoms with E-state index in [1.807, 2.05) is 0 Å². The van der Waals surface area contributed by atoms with Crippen LogP contribution in [0.15, 0.2) is 0 Å². The van der Waals surface area contributed by atoms with Crippen LogP contribution in [0.3, 0.4) is 0 Å². The molecule has 0 unspecified atom stereocenters. The van der Waals surface area contributed by atoms with Crippen LogP contribution >= 0.6 is 11.8 Å². The van der Waals surface area contributed by atoms with Crippen LogP contribution in [-0.2, 0) is 0 Å². The Labute approximate surface area is 43.3 Å². The monoisotopic (exact) mass is 104 g/mol. The largest absolute Gasteiger partial charge is 0.162 e. The minimum Gasteiger partial charge on any atom is -0.162 e. The summed E-state index contributed by atoms with van der Waals surface area (Å²) in [6.45, 7) is 0. The molecule has 6 heavy (non-hydrogen) atoms. The van der Waals surface area contributed by atoms with E-state index in [4.69, 9.17) is 0 Å². The Morgan fingerprint density at radius 3 is 1.67 bits per heavy atom. The van der Waals surface area contributed by atoms with Gasteiger partial charge in [0.25, 0.3) is 0 Å². The summed E-state index contributed by atoms with van der Waals surface area (Å²) in [7, 11) is 0. The molecule has 0 aromatic heterocycles. The molecule has 1 heterocycles. The topological polar surface area (TPSA) is 0 Å². The van der Waals surface area contributed by atoms with E-state index in [9.17, 15) is 0 Å². The lowest BCUT2D eigenvalue weighted by Crippen LogP contribution is -1.91. The Morgan fingerprint density at radius 1 is 0.833 bits per heavy atom. The fourth-order valence-corrected chi connectivity index (χ4v) is 1.71. The van der Waals surface area contributed by atoms with Gasteiger partial charge in [0.05, 0.1) is 0 Å². The molecule has 1 fully saturated rings. The number of rotatable bonds is 0. The summed E-state index contributed by atoms with van der Waals surface area (Å²) < 4.78 is 0. The van der Waals surface area contributed by atoms with Crippen molar-refractivity contribution in [3.05, 3.63) is 0 Å². The molecule has 0 nitrogen and oxygen atoms in total. The van der Waals surface area contributed by atoms with Gasteiger partial charge in [-0.15, -0.1) is 0 Å². The zero-order valence-corrected chi connectivity index (χ0v) is 4.76. The molecule has 1 heteroatoms. The van der Waals surface area contributed by atoms with Crippen molar-refractivity contribution in [1.82, 2.24) is 0 Å². The average molecular weight is 104 g/mol. The van der Waals surface area contributed by atoms with E-state index < -0.39 is 0 Å². The molecular formula is C5H10S. The molecule has 1 aliphatic rings. The molecule has 1 aliphatic heterocycles. The van der Waals surface area contributed by atoms with Crippen LogP contribution in [-0.4, -0.2) is 11.5 Å². The van der Waals surface area contributed by atoms with E-state index in [0.29, 0.717) is 0 Å². The summed E-state index contributed by atoms with van der Waals surface area (Å²) in [5.74, 6) is 2.83. The highest BCUT2D eigenvalue weighted by Gasteiger charge is 1.95. The Balaban J connectivity index is 2.00. The van der Waals surface area contributed by atoms with E-state index in [-0.39, 0.29) is 0 Å². The SMILES string of the molecule is C1CC[34S]CC1. The Bertz CT molecular complexity index is 19.4. The first kappa shape index (κ1) is 4.51. The molecule has 0 radical (unpaired) electrons. The highest BCUT2D eigenvalue weighted by atomic mass is 34.1. The Kier molecular flexibility index (Phi) is 1.89. The van der Waals surface area contributed by atoms with Crippen molar-refractivity contribution in [3.63, 3.8) is 0 Å². The van der Waals surface area contributed by atoms with Gasteiger partial charge in [-0.25, -0.2) is 0 Å². The van der Waals surface area contributed by atoms with Crippen molar-refractivity contribution < 1.29 is 0 Å². The Hall–Kier alpha value is 0.350. The van der Waals surface area contributed by atoms with Gasteiger partial charge in [0, 0.05) is 0 Å². The van der Waals surface area contributed by atoms with Gasteiger partial charge in [0.15, 0.2) is 0 Å². The van der Waals surface area contributed by atoms with Crippen molar-refractivity contribution in [1.29, 1.82) is 0 Å². The molecule has 0 atom stereocenters. The second kappa shape index (κ2) is 2.51. The van der Waals surface area contributed by atoms with Gasteiger partial charge in [-0.2, -0.15) is 11.8 Å². The smallest absolute Gasteiger partial charge is 0.00675 e. The van der Waals surface area contributed by atoms with E-state index >= 15 is 0 Å². The molecule has 0 spiro atoms. The maximum atomic E-state index is 2.09. The van der Waals surface area contributed by atoms with Crippen LogP contribution in [0.2, 0.25) is 0 Å². The minimum atomic E-state index is 1.42. The third-order valence-corrected chi connectivity index (χ3v) is 2.23. The van der Waals surface area contributed by atoms with Crippen LogP contribution in [0.25, 0.3) is 0 Å². The fourth-order valence-electron chi connectivity index (χ4n) is 0.687. The zero-order valence-electron chi connectivity index (χ0n) is 3.94. The van der Waals surface area contributed by atoms with Crippen LogP contribution in [0, 0.1) is 0 Å². The first-order valence-electron chi connectivity index (χ1n) is 2.58. The standard InChI is InChI=1S/C5H10S/c1-2-4-6-5-3-1/h1-5H2/i6+2. The van der Waals surface area contributed by atoms with Crippen molar-refractivity contribution in [2.24, 2.45) is 0 Å². The first-order chi connectivity index (χ1) is 3.00. The second-order valence-corrected chi connectivity index (χ2v) is 2.90. The van der Waals surface area contributed by atoms with Crippen molar-refractivity contribution in [2.45, 2.75) is 19.3 Å². The van der Waals surface area contributed by atoms with E-state index in [2.05, 4.69) is 11.8 Å². The van der Waals surface area contributed by atoms with Crippen molar-refractivity contribution >= 4 is 11.8 Å². The van der Waals surface area contributed by atoms with Crippen LogP contribution in [0.5, 0.6) is 0 Å². The van der Waals surface area contributed by atoms with Crippen molar-refractivity contribution in [3.8, 4) is 0 Å². The zero-order chi connectivity index (χ0) is 4.24. The Morgan fingerprint density at radius 2 is 1.50 bits per heavy atom. The summed E-state index contributed by atoms with van der Waals surface area (Å²) in [5, 5.41) is 0. The van der Waals surface area contributed by atoms with Gasteiger partial charge >= 0.3 is 0 Å². The molecule has 0 aliphatic carbocycles. The van der Waals surface area contributed by atoms with Gasteiger partial charge < -0.3 is 0 Å². The molecule has 36 valence electrons. The summed E-state index contributed by atoms with van der Waals surface area (Å²) in [6.07, 6.45) is 4.41. The molecule has 0 bridgehead atoms. The van der Waals surface area contributed by atoms with Crippen LogP contribution in [0.1, 0.15) is 19.3 Å².